The van der Waals surface area contributed by atoms with Crippen molar-refractivity contribution in [2.75, 3.05) is 13.1 Å². The van der Waals surface area contributed by atoms with Gasteiger partial charge in [0, 0.05) is 11.1 Å². The average molecular weight is 232 g/mol. The highest BCUT2D eigenvalue weighted by Gasteiger charge is 2.28. The molecule has 0 saturated carbocycles. The van der Waals surface area contributed by atoms with E-state index in [1.165, 1.54) is 0 Å². The van der Waals surface area contributed by atoms with E-state index < -0.39 is 0 Å². The molecular weight excluding hydrogens is 212 g/mol. The van der Waals surface area contributed by atoms with Crippen molar-refractivity contribution in [3.05, 3.63) is 35.4 Å². The summed E-state index contributed by atoms with van der Waals surface area (Å²) in [6.45, 7) is 6.05. The Kier molecular flexibility index (Phi) is 3.48. The summed E-state index contributed by atoms with van der Waals surface area (Å²) in [5.41, 5.74) is 1.75. The van der Waals surface area contributed by atoms with E-state index in [9.17, 15) is 4.79 Å². The van der Waals surface area contributed by atoms with Gasteiger partial charge in [-0.05, 0) is 51.4 Å². The summed E-state index contributed by atoms with van der Waals surface area (Å²) < 4.78 is 0. The summed E-state index contributed by atoms with van der Waals surface area (Å²) in [5, 5.41) is 6.49. The predicted octanol–water partition coefficient (Wildman–Crippen LogP) is 1.87. The fraction of sp³-hybridized carbons (Fsp3) is 0.500. The summed E-state index contributed by atoms with van der Waals surface area (Å²) in [5.74, 6) is 0.0486. The van der Waals surface area contributed by atoms with Crippen LogP contribution in [0, 0.1) is 6.92 Å². The lowest BCUT2D eigenvalue weighted by atomic mass is 9.90. The lowest BCUT2D eigenvalue weighted by Gasteiger charge is -2.35. The standard InChI is InChI=1S/C14H20N2O/c1-11-5-3-4-6-12(11)13(17)16-14(2)7-9-15-10-8-14/h3-6,15H,7-10H2,1-2H3,(H,16,17). The second kappa shape index (κ2) is 4.88. The van der Waals surface area contributed by atoms with Gasteiger partial charge in [0.2, 0.25) is 0 Å². The molecule has 1 fully saturated rings. The molecule has 0 bridgehead atoms. The van der Waals surface area contributed by atoms with E-state index in [1.54, 1.807) is 0 Å². The first kappa shape index (κ1) is 12.1. The monoisotopic (exact) mass is 232 g/mol. The zero-order valence-corrected chi connectivity index (χ0v) is 10.5. The largest absolute Gasteiger partial charge is 0.347 e. The highest BCUT2D eigenvalue weighted by molar-refractivity contribution is 5.96. The summed E-state index contributed by atoms with van der Waals surface area (Å²) in [6.07, 6.45) is 1.98. The zero-order valence-electron chi connectivity index (χ0n) is 10.5. The van der Waals surface area contributed by atoms with Crippen molar-refractivity contribution >= 4 is 5.91 Å². The quantitative estimate of drug-likeness (QED) is 0.817. The van der Waals surface area contributed by atoms with Crippen molar-refractivity contribution in [1.29, 1.82) is 0 Å². The van der Waals surface area contributed by atoms with E-state index in [1.807, 2.05) is 31.2 Å². The second-order valence-corrected chi connectivity index (χ2v) is 5.08. The number of carbonyl (C=O) groups is 1. The van der Waals surface area contributed by atoms with Crippen LogP contribution in [0.3, 0.4) is 0 Å². The molecule has 3 heteroatoms. The third-order valence-corrected chi connectivity index (χ3v) is 3.51. The van der Waals surface area contributed by atoms with Crippen LogP contribution in [-0.4, -0.2) is 24.5 Å². The van der Waals surface area contributed by atoms with E-state index in [0.717, 1.165) is 37.1 Å². The third-order valence-electron chi connectivity index (χ3n) is 3.51. The topological polar surface area (TPSA) is 41.1 Å². The van der Waals surface area contributed by atoms with Gasteiger partial charge in [-0.2, -0.15) is 0 Å². The smallest absolute Gasteiger partial charge is 0.251 e. The Balaban J connectivity index is 2.09. The summed E-state index contributed by atoms with van der Waals surface area (Å²) in [7, 11) is 0. The van der Waals surface area contributed by atoms with Gasteiger partial charge < -0.3 is 10.6 Å². The number of hydrogen-bond acceptors (Lipinski definition) is 2. The molecule has 0 atom stereocenters. The molecule has 1 aromatic rings. The number of benzene rings is 1. The van der Waals surface area contributed by atoms with E-state index in [-0.39, 0.29) is 11.4 Å². The fourth-order valence-corrected chi connectivity index (χ4v) is 2.27. The number of amides is 1. The van der Waals surface area contributed by atoms with E-state index in [4.69, 9.17) is 0 Å². The van der Waals surface area contributed by atoms with Gasteiger partial charge in [-0.3, -0.25) is 4.79 Å². The first-order chi connectivity index (χ1) is 8.11. The zero-order chi connectivity index (χ0) is 12.3. The molecule has 0 radical (unpaired) electrons. The van der Waals surface area contributed by atoms with Crippen molar-refractivity contribution in [2.24, 2.45) is 0 Å². The van der Waals surface area contributed by atoms with Gasteiger partial charge in [0.05, 0.1) is 0 Å². The minimum absolute atomic E-state index is 0.0486. The summed E-state index contributed by atoms with van der Waals surface area (Å²) in [4.78, 5) is 12.2. The van der Waals surface area contributed by atoms with Crippen LogP contribution < -0.4 is 10.6 Å². The Morgan fingerprint density at radius 1 is 1.29 bits per heavy atom. The molecule has 17 heavy (non-hydrogen) atoms. The van der Waals surface area contributed by atoms with Crippen molar-refractivity contribution in [3.63, 3.8) is 0 Å². The molecule has 0 spiro atoms. The third kappa shape index (κ3) is 2.86. The van der Waals surface area contributed by atoms with Crippen LogP contribution in [0.25, 0.3) is 0 Å². The van der Waals surface area contributed by atoms with Crippen LogP contribution >= 0.6 is 0 Å². The molecule has 2 rings (SSSR count). The highest BCUT2D eigenvalue weighted by Crippen LogP contribution is 2.18. The van der Waals surface area contributed by atoms with E-state index >= 15 is 0 Å². The number of hydrogen-bond donors (Lipinski definition) is 2. The van der Waals surface area contributed by atoms with Gasteiger partial charge in [-0.1, -0.05) is 18.2 Å². The number of rotatable bonds is 2. The molecule has 2 N–H and O–H groups in total. The van der Waals surface area contributed by atoms with Gasteiger partial charge >= 0.3 is 0 Å². The molecule has 1 saturated heterocycles. The van der Waals surface area contributed by atoms with Crippen molar-refractivity contribution in [2.45, 2.75) is 32.2 Å². The summed E-state index contributed by atoms with van der Waals surface area (Å²) in [6, 6.07) is 7.72. The van der Waals surface area contributed by atoms with Crippen LogP contribution in [0.2, 0.25) is 0 Å². The number of aryl methyl sites for hydroxylation is 1. The lowest BCUT2D eigenvalue weighted by Crippen LogP contribution is -2.52. The van der Waals surface area contributed by atoms with E-state index in [0.29, 0.717) is 0 Å². The molecule has 1 aliphatic rings. The lowest BCUT2D eigenvalue weighted by molar-refractivity contribution is 0.0887. The normalized spacial score (nSPS) is 18.7. The number of nitrogens with one attached hydrogen (secondary N) is 2. The summed E-state index contributed by atoms with van der Waals surface area (Å²) >= 11 is 0. The SMILES string of the molecule is Cc1ccccc1C(=O)NC1(C)CCNCC1. The second-order valence-electron chi connectivity index (χ2n) is 5.08. The van der Waals surface area contributed by atoms with Crippen LogP contribution in [0.4, 0.5) is 0 Å². The first-order valence-electron chi connectivity index (χ1n) is 6.20. The van der Waals surface area contributed by atoms with Gasteiger partial charge in [-0.25, -0.2) is 0 Å². The molecule has 0 aromatic heterocycles. The minimum atomic E-state index is -0.0649. The van der Waals surface area contributed by atoms with Crippen LogP contribution in [0.1, 0.15) is 35.7 Å². The first-order valence-corrected chi connectivity index (χ1v) is 6.20. The Bertz CT molecular complexity index is 408. The van der Waals surface area contributed by atoms with Gasteiger partial charge in [0.25, 0.3) is 5.91 Å². The molecule has 92 valence electrons. The average Bonchev–Trinajstić information content (AvgIpc) is 2.29. The van der Waals surface area contributed by atoms with Crippen LogP contribution in [0.5, 0.6) is 0 Å². The maximum Gasteiger partial charge on any atom is 0.251 e. The molecule has 1 aliphatic heterocycles. The minimum Gasteiger partial charge on any atom is -0.347 e. The van der Waals surface area contributed by atoms with Crippen molar-refractivity contribution in [3.8, 4) is 0 Å². The molecular formula is C14H20N2O. The Labute approximate surface area is 103 Å². The molecule has 1 amide bonds. The fourth-order valence-electron chi connectivity index (χ4n) is 2.27. The maximum atomic E-state index is 12.2. The molecule has 3 nitrogen and oxygen atoms in total. The Morgan fingerprint density at radius 2 is 1.94 bits per heavy atom. The Morgan fingerprint density at radius 3 is 2.59 bits per heavy atom. The molecule has 0 unspecified atom stereocenters. The maximum absolute atomic E-state index is 12.2. The predicted molar refractivity (Wildman–Crippen MR) is 69.2 cm³/mol. The van der Waals surface area contributed by atoms with E-state index in [2.05, 4.69) is 17.6 Å². The molecule has 1 aromatic carbocycles. The molecule has 0 aliphatic carbocycles. The van der Waals surface area contributed by atoms with Crippen molar-refractivity contribution < 1.29 is 4.79 Å². The number of carbonyl (C=O) groups excluding carboxylic acids is 1. The van der Waals surface area contributed by atoms with Gasteiger partial charge in [-0.15, -0.1) is 0 Å². The molecule has 1 heterocycles. The van der Waals surface area contributed by atoms with Crippen molar-refractivity contribution in [1.82, 2.24) is 10.6 Å². The highest BCUT2D eigenvalue weighted by atomic mass is 16.1. The van der Waals surface area contributed by atoms with Gasteiger partial charge in [0.15, 0.2) is 0 Å². The number of piperidine rings is 1. The van der Waals surface area contributed by atoms with Crippen LogP contribution in [-0.2, 0) is 0 Å². The van der Waals surface area contributed by atoms with Gasteiger partial charge in [0.1, 0.15) is 0 Å². The van der Waals surface area contributed by atoms with Crippen LogP contribution in [0.15, 0.2) is 24.3 Å². The Hall–Kier alpha value is -1.35.